The second-order valence-corrected chi connectivity index (χ2v) is 13.7. The van der Waals surface area contributed by atoms with Gasteiger partial charge in [-0.1, -0.05) is 109 Å². The summed E-state index contributed by atoms with van der Waals surface area (Å²) in [5.74, 6) is 1.64. The number of fused-ring (bicyclic) bond motifs is 2. The van der Waals surface area contributed by atoms with Crippen molar-refractivity contribution in [1.82, 2.24) is 0 Å². The Morgan fingerprint density at radius 3 is 1.09 bits per heavy atom. The van der Waals surface area contributed by atoms with Crippen molar-refractivity contribution in [3.63, 3.8) is 0 Å². The third kappa shape index (κ3) is 6.48. The Morgan fingerprint density at radius 2 is 0.643 bits per heavy atom. The minimum atomic E-state index is 0.818. The molecule has 0 bridgehead atoms. The van der Waals surface area contributed by atoms with Crippen LogP contribution in [0, 0.1) is 0 Å². The molecule has 9 aromatic rings. The maximum atomic E-state index is 5.75. The first-order chi connectivity index (χ1) is 27.7. The number of hydrogen-bond acceptors (Lipinski definition) is 4. The quantitative estimate of drug-likeness (QED) is 0.131. The Bertz CT molecular complexity index is 2730. The summed E-state index contributed by atoms with van der Waals surface area (Å²) in [6.45, 7) is 0. The standard InChI is InChI=1S/C52H40N2O2/c1-55-45-24-14-16-37(34-45)51-47-26-12-13-27-48(47)52(38-17-15-25-46(35-38)56-2)50-36-44(32-33-49(50)51)54(41-22-10-5-11-23-41)43-30-28-42(29-31-43)53(39-18-6-3-7-19-39)40-20-8-4-9-21-40/h3-36H,1-2H3. The van der Waals surface area contributed by atoms with Gasteiger partial charge in [0.2, 0.25) is 0 Å². The zero-order valence-electron chi connectivity index (χ0n) is 31.3. The van der Waals surface area contributed by atoms with Crippen molar-refractivity contribution in [2.24, 2.45) is 0 Å². The molecule has 0 saturated heterocycles. The van der Waals surface area contributed by atoms with Crippen molar-refractivity contribution in [2.45, 2.75) is 0 Å². The van der Waals surface area contributed by atoms with Gasteiger partial charge in [-0.3, -0.25) is 0 Å². The fraction of sp³-hybridized carbons (Fsp3) is 0.0385. The third-order valence-corrected chi connectivity index (χ3v) is 10.4. The fourth-order valence-corrected chi connectivity index (χ4v) is 7.86. The molecule has 0 aliphatic heterocycles. The first-order valence-corrected chi connectivity index (χ1v) is 18.8. The molecule has 0 fully saturated rings. The van der Waals surface area contributed by atoms with Gasteiger partial charge in [0.15, 0.2) is 0 Å². The lowest BCUT2D eigenvalue weighted by molar-refractivity contribution is 0.415. The number of nitrogens with zero attached hydrogens (tertiary/aromatic N) is 2. The summed E-state index contributed by atoms with van der Waals surface area (Å²) in [5.41, 5.74) is 11.0. The van der Waals surface area contributed by atoms with E-state index in [4.69, 9.17) is 9.47 Å². The van der Waals surface area contributed by atoms with Gasteiger partial charge in [0.05, 0.1) is 14.2 Å². The first-order valence-electron chi connectivity index (χ1n) is 18.8. The second kappa shape index (κ2) is 15.2. The molecule has 56 heavy (non-hydrogen) atoms. The van der Waals surface area contributed by atoms with Crippen molar-refractivity contribution in [3.05, 3.63) is 206 Å². The van der Waals surface area contributed by atoms with Crippen LogP contribution in [0.3, 0.4) is 0 Å². The summed E-state index contributed by atoms with van der Waals surface area (Å²) >= 11 is 0. The fourth-order valence-electron chi connectivity index (χ4n) is 7.86. The van der Waals surface area contributed by atoms with Crippen LogP contribution in [-0.2, 0) is 0 Å². The first kappa shape index (κ1) is 34.5. The molecule has 0 N–H and O–H groups in total. The van der Waals surface area contributed by atoms with Gasteiger partial charge in [-0.2, -0.15) is 0 Å². The highest BCUT2D eigenvalue weighted by Crippen LogP contribution is 2.47. The molecule has 4 nitrogen and oxygen atoms in total. The lowest BCUT2D eigenvalue weighted by Gasteiger charge is -2.29. The lowest BCUT2D eigenvalue weighted by atomic mass is 9.85. The number of anilines is 6. The van der Waals surface area contributed by atoms with E-state index in [9.17, 15) is 0 Å². The summed E-state index contributed by atoms with van der Waals surface area (Å²) in [6.07, 6.45) is 0. The topological polar surface area (TPSA) is 24.9 Å². The maximum Gasteiger partial charge on any atom is 0.119 e. The van der Waals surface area contributed by atoms with E-state index in [0.29, 0.717) is 0 Å². The number of hydrogen-bond donors (Lipinski definition) is 0. The van der Waals surface area contributed by atoms with Crippen molar-refractivity contribution in [2.75, 3.05) is 24.0 Å². The van der Waals surface area contributed by atoms with E-state index < -0.39 is 0 Å². The Labute approximate surface area is 328 Å². The van der Waals surface area contributed by atoms with E-state index in [1.54, 1.807) is 14.2 Å². The van der Waals surface area contributed by atoms with Crippen LogP contribution in [0.25, 0.3) is 43.8 Å². The summed E-state index contributed by atoms with van der Waals surface area (Å²) in [4.78, 5) is 4.63. The van der Waals surface area contributed by atoms with Gasteiger partial charge in [0.1, 0.15) is 11.5 Å². The van der Waals surface area contributed by atoms with Crippen LogP contribution in [0.2, 0.25) is 0 Å². The summed E-state index contributed by atoms with van der Waals surface area (Å²) in [6, 6.07) is 72.9. The molecule has 270 valence electrons. The van der Waals surface area contributed by atoms with Crippen LogP contribution >= 0.6 is 0 Å². The van der Waals surface area contributed by atoms with Crippen LogP contribution in [0.4, 0.5) is 34.1 Å². The number of benzene rings is 9. The summed E-state index contributed by atoms with van der Waals surface area (Å²) < 4.78 is 11.5. The molecule has 0 aliphatic carbocycles. The molecule has 0 amide bonds. The highest BCUT2D eigenvalue weighted by molar-refractivity contribution is 6.22. The van der Waals surface area contributed by atoms with Gasteiger partial charge in [0.25, 0.3) is 0 Å². The maximum absolute atomic E-state index is 5.75. The molecule has 4 heteroatoms. The minimum Gasteiger partial charge on any atom is -0.497 e. The summed E-state index contributed by atoms with van der Waals surface area (Å²) in [7, 11) is 3.44. The average molecular weight is 725 g/mol. The monoisotopic (exact) mass is 724 g/mol. The second-order valence-electron chi connectivity index (χ2n) is 13.7. The van der Waals surface area contributed by atoms with Gasteiger partial charge < -0.3 is 19.3 Å². The zero-order chi connectivity index (χ0) is 37.8. The van der Waals surface area contributed by atoms with Crippen molar-refractivity contribution >= 4 is 55.7 Å². The number of rotatable bonds is 10. The molecule has 0 atom stereocenters. The molecule has 9 rings (SSSR count). The Morgan fingerprint density at radius 1 is 0.286 bits per heavy atom. The SMILES string of the molecule is COc1cccc(-c2c3ccccc3c(-c3cccc(OC)c3)c3cc(N(c4ccccc4)c4ccc(N(c5ccccc5)c5ccccc5)cc4)ccc23)c1. The van der Waals surface area contributed by atoms with Gasteiger partial charge in [-0.15, -0.1) is 0 Å². The lowest BCUT2D eigenvalue weighted by Crippen LogP contribution is -2.12. The molecule has 0 unspecified atom stereocenters. The predicted octanol–water partition coefficient (Wildman–Crippen LogP) is 14.3. The highest BCUT2D eigenvalue weighted by Gasteiger charge is 2.21. The highest BCUT2D eigenvalue weighted by atomic mass is 16.5. The van der Waals surface area contributed by atoms with Crippen LogP contribution in [0.15, 0.2) is 206 Å². The molecule has 0 aromatic heterocycles. The normalized spacial score (nSPS) is 11.0. The van der Waals surface area contributed by atoms with Crippen LogP contribution in [-0.4, -0.2) is 14.2 Å². The molecule has 0 radical (unpaired) electrons. The molecule has 0 heterocycles. The van der Waals surface area contributed by atoms with E-state index >= 15 is 0 Å². The van der Waals surface area contributed by atoms with Crippen molar-refractivity contribution < 1.29 is 9.47 Å². The van der Waals surface area contributed by atoms with Gasteiger partial charge in [-0.25, -0.2) is 0 Å². The smallest absolute Gasteiger partial charge is 0.119 e. The number of methoxy groups -OCH3 is 2. The largest absolute Gasteiger partial charge is 0.497 e. The van der Waals surface area contributed by atoms with Crippen LogP contribution in [0.1, 0.15) is 0 Å². The number of para-hydroxylation sites is 3. The van der Waals surface area contributed by atoms with Crippen molar-refractivity contribution in [3.8, 4) is 33.8 Å². The van der Waals surface area contributed by atoms with Gasteiger partial charge in [0, 0.05) is 34.1 Å². The molecule has 0 saturated carbocycles. The molecule has 0 spiro atoms. The van der Waals surface area contributed by atoms with Gasteiger partial charge in [-0.05, 0) is 141 Å². The molecule has 0 aliphatic rings. The molecular weight excluding hydrogens is 685 g/mol. The summed E-state index contributed by atoms with van der Waals surface area (Å²) in [5, 5.41) is 4.64. The van der Waals surface area contributed by atoms with E-state index in [0.717, 1.165) is 73.1 Å². The van der Waals surface area contributed by atoms with E-state index in [1.165, 1.54) is 16.3 Å². The van der Waals surface area contributed by atoms with E-state index in [2.05, 4.69) is 204 Å². The van der Waals surface area contributed by atoms with Crippen molar-refractivity contribution in [1.29, 1.82) is 0 Å². The Balaban J connectivity index is 1.27. The Hall–Kier alpha value is -7.30. The van der Waals surface area contributed by atoms with Gasteiger partial charge >= 0.3 is 0 Å². The zero-order valence-corrected chi connectivity index (χ0v) is 31.3. The average Bonchev–Trinajstić information content (AvgIpc) is 3.27. The molecular formula is C52H40N2O2. The predicted molar refractivity (Wildman–Crippen MR) is 235 cm³/mol. The minimum absolute atomic E-state index is 0.818. The van der Waals surface area contributed by atoms with Crippen LogP contribution < -0.4 is 19.3 Å². The number of ether oxygens (including phenoxy) is 2. The third-order valence-electron chi connectivity index (χ3n) is 10.4. The van der Waals surface area contributed by atoms with E-state index in [-0.39, 0.29) is 0 Å². The Kier molecular flexibility index (Phi) is 9.36. The molecule has 9 aromatic carbocycles. The van der Waals surface area contributed by atoms with E-state index in [1.807, 2.05) is 12.1 Å². The van der Waals surface area contributed by atoms with Crippen LogP contribution in [0.5, 0.6) is 11.5 Å².